The molecule has 5 nitrogen and oxygen atoms in total. The lowest BCUT2D eigenvalue weighted by Crippen LogP contribution is -2.40. The molecule has 1 fully saturated rings. The summed E-state index contributed by atoms with van der Waals surface area (Å²) in [5, 5.41) is 9.20. The molecule has 0 radical (unpaired) electrons. The van der Waals surface area contributed by atoms with Crippen LogP contribution in [0.2, 0.25) is 0 Å². The Morgan fingerprint density at radius 2 is 2.00 bits per heavy atom. The van der Waals surface area contributed by atoms with Crippen LogP contribution in [0.4, 0.5) is 4.39 Å². The van der Waals surface area contributed by atoms with Crippen LogP contribution in [0.3, 0.4) is 0 Å². The van der Waals surface area contributed by atoms with Gasteiger partial charge in [-0.3, -0.25) is 15.1 Å². The fourth-order valence-electron chi connectivity index (χ4n) is 3.90. The number of aryl methyl sites for hydroxylation is 2. The van der Waals surface area contributed by atoms with E-state index in [1.807, 2.05) is 38.1 Å². The average molecular weight is 413 g/mol. The average Bonchev–Trinajstić information content (AvgIpc) is 2.72. The highest BCUT2D eigenvalue weighted by atomic mass is 19.1. The summed E-state index contributed by atoms with van der Waals surface area (Å²) in [6.45, 7) is 6.49. The Bertz CT molecular complexity index is 913. The Kier molecular flexibility index (Phi) is 7.60. The maximum Gasteiger partial charge on any atom is 0.307 e. The van der Waals surface area contributed by atoms with Crippen molar-refractivity contribution in [1.82, 2.24) is 10.4 Å². The molecular formula is C24H29FN2O3. The number of benzene rings is 2. The van der Waals surface area contributed by atoms with Crippen LogP contribution >= 0.6 is 0 Å². The van der Waals surface area contributed by atoms with Gasteiger partial charge in [0, 0.05) is 24.9 Å². The molecule has 0 amide bonds. The highest BCUT2D eigenvalue weighted by Crippen LogP contribution is 2.28. The SMILES string of the molecule is Cc1ccccc1C(=CNOCCN1CCC[C@@H](C(=O)O)C1)c1ccc(F)cc1C. The first-order chi connectivity index (χ1) is 14.5. The van der Waals surface area contributed by atoms with E-state index in [9.17, 15) is 14.3 Å². The largest absolute Gasteiger partial charge is 0.481 e. The van der Waals surface area contributed by atoms with Gasteiger partial charge in [0.15, 0.2) is 0 Å². The summed E-state index contributed by atoms with van der Waals surface area (Å²) in [4.78, 5) is 18.9. The predicted molar refractivity (Wildman–Crippen MR) is 115 cm³/mol. The van der Waals surface area contributed by atoms with Crippen LogP contribution in [0.1, 0.15) is 35.1 Å². The monoisotopic (exact) mass is 412 g/mol. The van der Waals surface area contributed by atoms with Crippen LogP contribution in [-0.4, -0.2) is 42.2 Å². The zero-order valence-corrected chi connectivity index (χ0v) is 17.5. The molecule has 2 N–H and O–H groups in total. The summed E-state index contributed by atoms with van der Waals surface area (Å²) in [6.07, 6.45) is 3.44. The number of carboxylic acids is 1. The van der Waals surface area contributed by atoms with Crippen LogP contribution in [0.5, 0.6) is 0 Å². The molecule has 0 aliphatic carbocycles. The Labute approximate surface area is 177 Å². The quantitative estimate of drug-likeness (QED) is 0.504. The second kappa shape index (κ2) is 10.4. The van der Waals surface area contributed by atoms with Gasteiger partial charge in [-0.25, -0.2) is 4.39 Å². The van der Waals surface area contributed by atoms with Gasteiger partial charge in [0.1, 0.15) is 5.82 Å². The van der Waals surface area contributed by atoms with E-state index in [1.54, 1.807) is 12.3 Å². The van der Waals surface area contributed by atoms with Gasteiger partial charge in [-0.05, 0) is 67.6 Å². The third-order valence-electron chi connectivity index (χ3n) is 5.56. The first kappa shape index (κ1) is 22.0. The van der Waals surface area contributed by atoms with Gasteiger partial charge >= 0.3 is 5.97 Å². The van der Waals surface area contributed by atoms with E-state index in [0.717, 1.165) is 47.2 Å². The molecule has 1 aliphatic heterocycles. The van der Waals surface area contributed by atoms with Crippen molar-refractivity contribution in [3.8, 4) is 0 Å². The molecule has 160 valence electrons. The Morgan fingerprint density at radius 1 is 1.23 bits per heavy atom. The van der Waals surface area contributed by atoms with E-state index in [4.69, 9.17) is 4.84 Å². The lowest BCUT2D eigenvalue weighted by atomic mass is 9.92. The van der Waals surface area contributed by atoms with Crippen molar-refractivity contribution in [3.63, 3.8) is 0 Å². The fraction of sp³-hybridized carbons (Fsp3) is 0.375. The van der Waals surface area contributed by atoms with E-state index in [0.29, 0.717) is 19.7 Å². The number of likely N-dealkylation sites (tertiary alicyclic amines) is 1. The van der Waals surface area contributed by atoms with Gasteiger partial charge in [-0.2, -0.15) is 0 Å². The number of halogens is 1. The van der Waals surface area contributed by atoms with Crippen molar-refractivity contribution < 1.29 is 19.1 Å². The summed E-state index contributed by atoms with van der Waals surface area (Å²) < 4.78 is 13.6. The van der Waals surface area contributed by atoms with Crippen LogP contribution in [0.25, 0.3) is 5.57 Å². The lowest BCUT2D eigenvalue weighted by molar-refractivity contribution is -0.143. The zero-order valence-electron chi connectivity index (χ0n) is 17.5. The van der Waals surface area contributed by atoms with E-state index >= 15 is 0 Å². The summed E-state index contributed by atoms with van der Waals surface area (Å²) >= 11 is 0. The molecule has 3 rings (SSSR count). The normalized spacial score (nSPS) is 17.7. The molecule has 1 heterocycles. The van der Waals surface area contributed by atoms with Crippen molar-refractivity contribution in [1.29, 1.82) is 0 Å². The fourth-order valence-corrected chi connectivity index (χ4v) is 3.90. The standard InChI is InChI=1S/C24H29FN2O3/c1-17-6-3-4-8-21(17)23(22-10-9-20(25)14-18(22)2)15-26-30-13-12-27-11-5-7-19(16-27)24(28)29/h3-4,6,8-10,14-15,19,26H,5,7,11-13,16H2,1-2H3,(H,28,29)/t19-/m1/s1. The Hall–Kier alpha value is -2.70. The summed E-state index contributed by atoms with van der Waals surface area (Å²) in [5.74, 6) is -1.27. The van der Waals surface area contributed by atoms with E-state index in [1.165, 1.54) is 12.1 Å². The molecule has 2 aromatic carbocycles. The molecule has 0 unspecified atom stereocenters. The molecule has 2 aromatic rings. The number of carboxylic acid groups (broad SMARTS) is 1. The Morgan fingerprint density at radius 3 is 2.73 bits per heavy atom. The highest BCUT2D eigenvalue weighted by molar-refractivity contribution is 5.82. The molecule has 1 aliphatic rings. The second-order valence-corrected chi connectivity index (χ2v) is 7.78. The van der Waals surface area contributed by atoms with Gasteiger partial charge in [0.25, 0.3) is 0 Å². The molecule has 1 atom stereocenters. The minimum Gasteiger partial charge on any atom is -0.481 e. The maximum absolute atomic E-state index is 13.6. The van der Waals surface area contributed by atoms with Crippen LogP contribution < -0.4 is 5.48 Å². The number of nitrogens with zero attached hydrogens (tertiary/aromatic N) is 1. The number of hydrogen-bond donors (Lipinski definition) is 2. The Balaban J connectivity index is 1.66. The van der Waals surface area contributed by atoms with Gasteiger partial charge < -0.3 is 10.0 Å². The molecule has 0 spiro atoms. The molecule has 30 heavy (non-hydrogen) atoms. The summed E-state index contributed by atoms with van der Waals surface area (Å²) in [7, 11) is 0. The van der Waals surface area contributed by atoms with E-state index in [2.05, 4.69) is 10.4 Å². The zero-order chi connectivity index (χ0) is 21.5. The smallest absolute Gasteiger partial charge is 0.307 e. The van der Waals surface area contributed by atoms with Crippen molar-refractivity contribution in [2.45, 2.75) is 26.7 Å². The highest BCUT2D eigenvalue weighted by Gasteiger charge is 2.24. The molecule has 0 bridgehead atoms. The van der Waals surface area contributed by atoms with Crippen LogP contribution in [0, 0.1) is 25.6 Å². The van der Waals surface area contributed by atoms with Gasteiger partial charge in [-0.15, -0.1) is 0 Å². The molecule has 1 saturated heterocycles. The minimum atomic E-state index is -0.723. The molecule has 0 aromatic heterocycles. The number of rotatable bonds is 8. The van der Waals surface area contributed by atoms with Crippen molar-refractivity contribution in [2.75, 3.05) is 26.2 Å². The molecule has 6 heteroatoms. The number of hydrogen-bond acceptors (Lipinski definition) is 4. The van der Waals surface area contributed by atoms with Crippen molar-refractivity contribution in [2.24, 2.45) is 5.92 Å². The predicted octanol–water partition coefficient (Wildman–Crippen LogP) is 4.15. The van der Waals surface area contributed by atoms with Crippen molar-refractivity contribution in [3.05, 3.63) is 76.7 Å². The van der Waals surface area contributed by atoms with Gasteiger partial charge in [0.2, 0.25) is 0 Å². The summed E-state index contributed by atoms with van der Waals surface area (Å²) in [5.41, 5.74) is 7.79. The second-order valence-electron chi connectivity index (χ2n) is 7.78. The van der Waals surface area contributed by atoms with Crippen molar-refractivity contribution >= 4 is 11.5 Å². The number of nitrogens with one attached hydrogen (secondary N) is 1. The minimum absolute atomic E-state index is 0.259. The van der Waals surface area contributed by atoms with E-state index < -0.39 is 5.97 Å². The molecule has 0 saturated carbocycles. The lowest BCUT2D eigenvalue weighted by Gasteiger charge is -2.30. The number of hydroxylamine groups is 1. The number of piperidine rings is 1. The third-order valence-corrected chi connectivity index (χ3v) is 5.56. The number of aliphatic carboxylic acids is 1. The molecular weight excluding hydrogens is 383 g/mol. The number of carbonyl (C=O) groups is 1. The maximum atomic E-state index is 13.6. The third kappa shape index (κ3) is 5.68. The van der Waals surface area contributed by atoms with Crippen LogP contribution in [0.15, 0.2) is 48.7 Å². The summed E-state index contributed by atoms with van der Waals surface area (Å²) in [6, 6.07) is 12.8. The first-order valence-electron chi connectivity index (χ1n) is 10.3. The van der Waals surface area contributed by atoms with Crippen LogP contribution in [-0.2, 0) is 9.63 Å². The van der Waals surface area contributed by atoms with Gasteiger partial charge in [-0.1, -0.05) is 30.3 Å². The first-order valence-corrected chi connectivity index (χ1v) is 10.3. The van der Waals surface area contributed by atoms with Gasteiger partial charge in [0.05, 0.1) is 12.5 Å². The van der Waals surface area contributed by atoms with E-state index in [-0.39, 0.29) is 11.7 Å². The topological polar surface area (TPSA) is 61.8 Å².